The van der Waals surface area contributed by atoms with Crippen molar-refractivity contribution >= 4 is 21.9 Å². The Bertz CT molecular complexity index is 493. The van der Waals surface area contributed by atoms with Gasteiger partial charge in [0.15, 0.2) is 0 Å². The van der Waals surface area contributed by atoms with Gasteiger partial charge in [0.05, 0.1) is 6.26 Å². The topological polar surface area (TPSA) is 58.5 Å². The van der Waals surface area contributed by atoms with Crippen molar-refractivity contribution in [2.24, 2.45) is 4.99 Å². The number of anilines is 1. The largest absolute Gasteiger partial charge is 0.293 e. The molecule has 0 aliphatic rings. The number of hydrogen-bond acceptors (Lipinski definition) is 3. The molecular formula is C14H22N2O2S. The predicted molar refractivity (Wildman–Crippen MR) is 81.5 cm³/mol. The zero-order valence-electron chi connectivity index (χ0n) is 11.6. The number of sulfonamides is 1. The van der Waals surface area contributed by atoms with E-state index in [9.17, 15) is 8.42 Å². The average molecular weight is 282 g/mol. The molecule has 0 amide bonds. The normalized spacial score (nSPS) is 11.9. The zero-order chi connectivity index (χ0) is 14.1. The van der Waals surface area contributed by atoms with Gasteiger partial charge >= 0.3 is 0 Å². The minimum Gasteiger partial charge on any atom is -0.293 e. The van der Waals surface area contributed by atoms with Crippen molar-refractivity contribution in [3.8, 4) is 0 Å². The lowest BCUT2D eigenvalue weighted by molar-refractivity contribution is 0.607. The van der Waals surface area contributed by atoms with Crippen LogP contribution in [-0.4, -0.2) is 27.4 Å². The van der Waals surface area contributed by atoms with Crippen LogP contribution in [0.3, 0.4) is 0 Å². The molecule has 1 rings (SSSR count). The van der Waals surface area contributed by atoms with E-state index in [4.69, 9.17) is 0 Å². The highest BCUT2D eigenvalue weighted by Crippen LogP contribution is 2.09. The summed E-state index contributed by atoms with van der Waals surface area (Å²) in [5, 5.41) is 0. The minimum atomic E-state index is -3.20. The van der Waals surface area contributed by atoms with Gasteiger partial charge in [0.1, 0.15) is 0 Å². The van der Waals surface area contributed by atoms with Crippen LogP contribution in [-0.2, 0) is 10.0 Å². The summed E-state index contributed by atoms with van der Waals surface area (Å²) in [5.41, 5.74) is 1.55. The van der Waals surface area contributed by atoms with Crippen LogP contribution in [0.5, 0.6) is 0 Å². The van der Waals surface area contributed by atoms with Crippen molar-refractivity contribution < 1.29 is 8.42 Å². The molecule has 0 unspecified atom stereocenters. The van der Waals surface area contributed by atoms with Gasteiger partial charge in [-0.25, -0.2) is 8.42 Å². The van der Waals surface area contributed by atoms with Crippen LogP contribution in [0.15, 0.2) is 29.3 Å². The van der Waals surface area contributed by atoms with E-state index < -0.39 is 10.0 Å². The maximum Gasteiger partial charge on any atom is 0.229 e. The minimum absolute atomic E-state index is 0.572. The zero-order valence-corrected chi connectivity index (χ0v) is 12.4. The number of rotatable bonds is 8. The van der Waals surface area contributed by atoms with Gasteiger partial charge in [-0.2, -0.15) is 0 Å². The molecule has 0 atom stereocenters. The van der Waals surface area contributed by atoms with Gasteiger partial charge in [0.25, 0.3) is 0 Å². The predicted octanol–water partition coefficient (Wildman–Crippen LogP) is 3.06. The molecule has 4 nitrogen and oxygen atoms in total. The van der Waals surface area contributed by atoms with Gasteiger partial charge in [-0.1, -0.05) is 38.3 Å². The SMILES string of the molecule is CCCCCCN=Cc1ccc(NS(C)(=O)=O)cc1. The number of aliphatic imine (C=N–C) groups is 1. The molecule has 106 valence electrons. The molecule has 1 aromatic rings. The first kappa shape index (κ1) is 15.7. The second kappa shape index (κ2) is 7.94. The van der Waals surface area contributed by atoms with Gasteiger partial charge in [0, 0.05) is 18.4 Å². The first-order valence-corrected chi connectivity index (χ1v) is 8.48. The molecule has 0 radical (unpaired) electrons. The Balaban J connectivity index is 2.41. The smallest absolute Gasteiger partial charge is 0.229 e. The lowest BCUT2D eigenvalue weighted by Crippen LogP contribution is -2.09. The Morgan fingerprint density at radius 2 is 1.84 bits per heavy atom. The third kappa shape index (κ3) is 7.62. The lowest BCUT2D eigenvalue weighted by atomic mass is 10.2. The van der Waals surface area contributed by atoms with Crippen LogP contribution in [0.2, 0.25) is 0 Å². The molecule has 0 aliphatic heterocycles. The maximum absolute atomic E-state index is 11.0. The third-order valence-corrected chi connectivity index (χ3v) is 3.20. The molecule has 1 N–H and O–H groups in total. The summed E-state index contributed by atoms with van der Waals surface area (Å²) < 4.78 is 24.5. The Labute approximate surface area is 116 Å². The molecule has 0 bridgehead atoms. The standard InChI is InChI=1S/C14H22N2O2S/c1-3-4-5-6-11-15-12-13-7-9-14(10-8-13)16-19(2,17)18/h7-10,12,16H,3-6,11H2,1-2H3. The fraction of sp³-hybridized carbons (Fsp3) is 0.500. The molecule has 0 heterocycles. The maximum atomic E-state index is 11.0. The van der Waals surface area contributed by atoms with Crippen molar-refractivity contribution in [3.63, 3.8) is 0 Å². The van der Waals surface area contributed by atoms with E-state index in [0.717, 1.165) is 24.8 Å². The summed E-state index contributed by atoms with van der Waals surface area (Å²) in [4.78, 5) is 4.35. The number of nitrogens with one attached hydrogen (secondary N) is 1. The molecule has 0 aromatic heterocycles. The van der Waals surface area contributed by atoms with E-state index in [0.29, 0.717) is 5.69 Å². The van der Waals surface area contributed by atoms with Crippen LogP contribution in [0.1, 0.15) is 38.2 Å². The molecule has 0 saturated carbocycles. The van der Waals surface area contributed by atoms with Crippen molar-refractivity contribution in [1.29, 1.82) is 0 Å². The average Bonchev–Trinajstić information content (AvgIpc) is 2.34. The Morgan fingerprint density at radius 1 is 1.16 bits per heavy atom. The summed E-state index contributed by atoms with van der Waals surface area (Å²) in [6.07, 6.45) is 7.82. The van der Waals surface area contributed by atoms with Crippen LogP contribution in [0, 0.1) is 0 Å². The summed E-state index contributed by atoms with van der Waals surface area (Å²) in [5.74, 6) is 0. The van der Waals surface area contributed by atoms with Gasteiger partial charge < -0.3 is 0 Å². The summed E-state index contributed by atoms with van der Waals surface area (Å²) >= 11 is 0. The van der Waals surface area contributed by atoms with Gasteiger partial charge in [-0.3, -0.25) is 9.71 Å². The summed E-state index contributed by atoms with van der Waals surface area (Å²) in [6, 6.07) is 7.17. The van der Waals surface area contributed by atoms with Crippen molar-refractivity contribution in [3.05, 3.63) is 29.8 Å². The highest BCUT2D eigenvalue weighted by molar-refractivity contribution is 7.92. The van der Waals surface area contributed by atoms with Crippen LogP contribution in [0.4, 0.5) is 5.69 Å². The highest BCUT2D eigenvalue weighted by Gasteiger charge is 2.00. The fourth-order valence-electron chi connectivity index (χ4n) is 1.65. The highest BCUT2D eigenvalue weighted by atomic mass is 32.2. The van der Waals surface area contributed by atoms with E-state index in [1.807, 2.05) is 18.3 Å². The molecule has 0 fully saturated rings. The van der Waals surface area contributed by atoms with Gasteiger partial charge in [-0.05, 0) is 24.1 Å². The number of unbranched alkanes of at least 4 members (excludes halogenated alkanes) is 3. The second-order valence-electron chi connectivity index (χ2n) is 4.59. The lowest BCUT2D eigenvalue weighted by Gasteiger charge is -2.03. The second-order valence-corrected chi connectivity index (χ2v) is 6.34. The Kier molecular flexibility index (Phi) is 6.56. The van der Waals surface area contributed by atoms with E-state index in [-0.39, 0.29) is 0 Å². The monoisotopic (exact) mass is 282 g/mol. The van der Waals surface area contributed by atoms with Gasteiger partial charge in [-0.15, -0.1) is 0 Å². The van der Waals surface area contributed by atoms with Crippen LogP contribution in [0.25, 0.3) is 0 Å². The molecule has 0 saturated heterocycles. The number of nitrogens with zero attached hydrogens (tertiary/aromatic N) is 1. The Morgan fingerprint density at radius 3 is 2.42 bits per heavy atom. The molecule has 5 heteroatoms. The first-order valence-electron chi connectivity index (χ1n) is 6.59. The van der Waals surface area contributed by atoms with Gasteiger partial charge in [0.2, 0.25) is 10.0 Å². The molecule has 0 aliphatic carbocycles. The summed E-state index contributed by atoms with van der Waals surface area (Å²) in [7, 11) is -3.20. The van der Waals surface area contributed by atoms with E-state index in [1.54, 1.807) is 12.1 Å². The number of hydrogen-bond donors (Lipinski definition) is 1. The summed E-state index contributed by atoms with van der Waals surface area (Å²) in [6.45, 7) is 3.04. The molecule has 1 aromatic carbocycles. The molecule has 19 heavy (non-hydrogen) atoms. The number of benzene rings is 1. The third-order valence-electron chi connectivity index (χ3n) is 2.60. The molecule has 0 spiro atoms. The van der Waals surface area contributed by atoms with E-state index in [2.05, 4.69) is 16.6 Å². The van der Waals surface area contributed by atoms with Crippen LogP contribution >= 0.6 is 0 Å². The Hall–Kier alpha value is -1.36. The fourth-order valence-corrected chi connectivity index (χ4v) is 2.22. The molecular weight excluding hydrogens is 260 g/mol. The van der Waals surface area contributed by atoms with Crippen LogP contribution < -0.4 is 4.72 Å². The van der Waals surface area contributed by atoms with Crippen molar-refractivity contribution in [2.75, 3.05) is 17.5 Å². The van der Waals surface area contributed by atoms with Crippen molar-refractivity contribution in [1.82, 2.24) is 0 Å². The van der Waals surface area contributed by atoms with E-state index >= 15 is 0 Å². The first-order chi connectivity index (χ1) is 9.01. The van der Waals surface area contributed by atoms with E-state index in [1.165, 1.54) is 19.3 Å². The quantitative estimate of drug-likeness (QED) is 0.588. The van der Waals surface area contributed by atoms with Crippen molar-refractivity contribution in [2.45, 2.75) is 32.6 Å².